The Balaban J connectivity index is 1.80. The van der Waals surface area contributed by atoms with Crippen LogP contribution in [0.5, 0.6) is 0 Å². The highest BCUT2D eigenvalue weighted by Crippen LogP contribution is 2.19. The molecule has 1 unspecified atom stereocenters. The van der Waals surface area contributed by atoms with Gasteiger partial charge in [0.2, 0.25) is 0 Å². The molecular formula is C15H17N3S. The van der Waals surface area contributed by atoms with Crippen LogP contribution in [-0.4, -0.2) is 9.38 Å². The summed E-state index contributed by atoms with van der Waals surface area (Å²) in [6.45, 7) is 5.10. The largest absolute Gasteiger partial charge is 0.304 e. The predicted molar refractivity (Wildman–Crippen MR) is 79.5 cm³/mol. The van der Waals surface area contributed by atoms with Crippen molar-refractivity contribution in [2.45, 2.75) is 26.4 Å². The monoisotopic (exact) mass is 271 g/mol. The molecule has 0 aromatic carbocycles. The summed E-state index contributed by atoms with van der Waals surface area (Å²) in [4.78, 5) is 5.95. The summed E-state index contributed by atoms with van der Waals surface area (Å²) in [5, 5.41) is 5.69. The van der Waals surface area contributed by atoms with E-state index in [-0.39, 0.29) is 0 Å². The Labute approximate surface area is 116 Å². The van der Waals surface area contributed by atoms with Crippen molar-refractivity contribution in [2.24, 2.45) is 0 Å². The lowest BCUT2D eigenvalue weighted by molar-refractivity contribution is 0.572. The van der Waals surface area contributed by atoms with E-state index >= 15 is 0 Å². The molecule has 1 N–H and O–H groups in total. The van der Waals surface area contributed by atoms with Crippen LogP contribution < -0.4 is 5.32 Å². The Morgan fingerprint density at radius 2 is 2.21 bits per heavy atom. The number of fused-ring (bicyclic) bond motifs is 1. The molecule has 3 aromatic heterocycles. The number of aryl methyl sites for hydroxylation is 1. The van der Waals surface area contributed by atoms with Crippen molar-refractivity contribution in [2.75, 3.05) is 0 Å². The lowest BCUT2D eigenvalue weighted by Gasteiger charge is -2.12. The summed E-state index contributed by atoms with van der Waals surface area (Å²) in [5.74, 6) is 0. The zero-order valence-electron chi connectivity index (χ0n) is 11.1. The first-order chi connectivity index (χ1) is 9.25. The van der Waals surface area contributed by atoms with Crippen LogP contribution in [0.4, 0.5) is 0 Å². The Hall–Kier alpha value is -1.65. The van der Waals surface area contributed by atoms with Gasteiger partial charge in [-0.15, -0.1) is 11.3 Å². The second kappa shape index (κ2) is 5.15. The normalized spacial score (nSPS) is 12.9. The molecule has 0 fully saturated rings. The van der Waals surface area contributed by atoms with Crippen LogP contribution in [0.1, 0.15) is 29.2 Å². The first-order valence-electron chi connectivity index (χ1n) is 6.45. The van der Waals surface area contributed by atoms with Crippen LogP contribution >= 0.6 is 11.3 Å². The van der Waals surface area contributed by atoms with Gasteiger partial charge in [0.25, 0.3) is 0 Å². The van der Waals surface area contributed by atoms with Crippen LogP contribution in [0.25, 0.3) is 5.65 Å². The van der Waals surface area contributed by atoms with Crippen molar-refractivity contribution in [1.29, 1.82) is 0 Å². The molecule has 0 radical (unpaired) electrons. The topological polar surface area (TPSA) is 29.3 Å². The Morgan fingerprint density at radius 3 is 3.00 bits per heavy atom. The minimum atomic E-state index is 0.369. The van der Waals surface area contributed by atoms with Gasteiger partial charge in [-0.3, -0.25) is 0 Å². The molecule has 4 heteroatoms. The SMILES string of the molecule is Cc1nc2ccccn2c1CNC(C)c1cccs1. The summed E-state index contributed by atoms with van der Waals surface area (Å²) in [7, 11) is 0. The van der Waals surface area contributed by atoms with Crippen molar-refractivity contribution >= 4 is 17.0 Å². The van der Waals surface area contributed by atoms with E-state index in [1.165, 1.54) is 10.6 Å². The second-order valence-corrected chi connectivity index (χ2v) is 5.67. The summed E-state index contributed by atoms with van der Waals surface area (Å²) < 4.78 is 2.16. The number of hydrogen-bond donors (Lipinski definition) is 1. The smallest absolute Gasteiger partial charge is 0.137 e. The first-order valence-corrected chi connectivity index (χ1v) is 7.33. The fourth-order valence-corrected chi connectivity index (χ4v) is 3.02. The lowest BCUT2D eigenvalue weighted by atomic mass is 10.2. The molecule has 98 valence electrons. The van der Waals surface area contributed by atoms with Gasteiger partial charge in [0, 0.05) is 23.7 Å². The molecule has 1 atom stereocenters. The van der Waals surface area contributed by atoms with E-state index in [9.17, 15) is 0 Å². The maximum absolute atomic E-state index is 4.58. The molecule has 0 aliphatic carbocycles. The molecule has 19 heavy (non-hydrogen) atoms. The number of nitrogens with zero attached hydrogens (tertiary/aromatic N) is 2. The van der Waals surface area contributed by atoms with Crippen LogP contribution in [0.15, 0.2) is 41.9 Å². The van der Waals surface area contributed by atoms with Crippen LogP contribution in [0.3, 0.4) is 0 Å². The third kappa shape index (κ3) is 2.41. The molecule has 3 nitrogen and oxygen atoms in total. The summed E-state index contributed by atoms with van der Waals surface area (Å²) in [6.07, 6.45) is 2.07. The molecule has 0 aliphatic heterocycles. The minimum absolute atomic E-state index is 0.369. The fourth-order valence-electron chi connectivity index (χ4n) is 2.27. The van der Waals surface area contributed by atoms with Crippen LogP contribution in [0.2, 0.25) is 0 Å². The predicted octanol–water partition coefficient (Wildman–Crippen LogP) is 3.56. The molecule has 0 saturated heterocycles. The van der Waals surface area contributed by atoms with E-state index in [0.717, 1.165) is 17.9 Å². The van der Waals surface area contributed by atoms with Gasteiger partial charge in [-0.25, -0.2) is 4.98 Å². The summed E-state index contributed by atoms with van der Waals surface area (Å²) >= 11 is 1.79. The van der Waals surface area contributed by atoms with Gasteiger partial charge in [-0.05, 0) is 37.4 Å². The molecule has 0 spiro atoms. The average Bonchev–Trinajstić information content (AvgIpc) is 3.03. The third-order valence-corrected chi connectivity index (χ3v) is 4.43. The van der Waals surface area contributed by atoms with Crippen molar-refractivity contribution in [3.63, 3.8) is 0 Å². The summed E-state index contributed by atoms with van der Waals surface area (Å²) in [6, 6.07) is 10.7. The quantitative estimate of drug-likeness (QED) is 0.786. The maximum atomic E-state index is 4.58. The van der Waals surface area contributed by atoms with E-state index in [1.807, 2.05) is 18.2 Å². The third-order valence-electron chi connectivity index (χ3n) is 3.37. The number of hydrogen-bond acceptors (Lipinski definition) is 3. The molecule has 0 bridgehead atoms. The fraction of sp³-hybridized carbons (Fsp3) is 0.267. The number of imidazole rings is 1. The van der Waals surface area contributed by atoms with Crippen molar-refractivity contribution < 1.29 is 0 Å². The minimum Gasteiger partial charge on any atom is -0.304 e. The van der Waals surface area contributed by atoms with E-state index < -0.39 is 0 Å². The molecule has 0 aliphatic rings. The second-order valence-electron chi connectivity index (χ2n) is 4.69. The highest BCUT2D eigenvalue weighted by Gasteiger charge is 2.10. The van der Waals surface area contributed by atoms with E-state index in [1.54, 1.807) is 11.3 Å². The van der Waals surface area contributed by atoms with Gasteiger partial charge < -0.3 is 9.72 Å². The van der Waals surface area contributed by atoms with E-state index in [0.29, 0.717) is 6.04 Å². The number of pyridine rings is 1. The number of rotatable bonds is 4. The van der Waals surface area contributed by atoms with Crippen LogP contribution in [0, 0.1) is 6.92 Å². The Bertz CT molecular complexity index is 670. The molecule has 3 aromatic rings. The zero-order chi connectivity index (χ0) is 13.2. The number of aromatic nitrogens is 2. The molecule has 0 saturated carbocycles. The van der Waals surface area contributed by atoms with Crippen molar-refractivity contribution in [1.82, 2.24) is 14.7 Å². The number of thiophene rings is 1. The van der Waals surface area contributed by atoms with Crippen molar-refractivity contribution in [3.05, 3.63) is 58.2 Å². The summed E-state index contributed by atoms with van der Waals surface area (Å²) in [5.41, 5.74) is 3.34. The van der Waals surface area contributed by atoms with Crippen LogP contribution in [-0.2, 0) is 6.54 Å². The Morgan fingerprint density at radius 1 is 1.32 bits per heavy atom. The maximum Gasteiger partial charge on any atom is 0.137 e. The standard InChI is InChI=1S/C15H17N3S/c1-11-13(18-8-4-3-7-15(18)17-11)10-16-12(2)14-6-5-9-19-14/h3-9,12,16H,10H2,1-2H3. The Kier molecular flexibility index (Phi) is 3.36. The molecular weight excluding hydrogens is 254 g/mol. The van der Waals surface area contributed by atoms with Crippen molar-refractivity contribution in [3.8, 4) is 0 Å². The molecule has 3 rings (SSSR count). The molecule has 0 amide bonds. The van der Waals surface area contributed by atoms with Gasteiger partial charge in [0.15, 0.2) is 0 Å². The molecule has 3 heterocycles. The van der Waals surface area contributed by atoms with Gasteiger partial charge in [0.05, 0.1) is 11.4 Å². The first kappa shape index (κ1) is 12.4. The van der Waals surface area contributed by atoms with Gasteiger partial charge in [0.1, 0.15) is 5.65 Å². The van der Waals surface area contributed by atoms with Gasteiger partial charge in [-0.1, -0.05) is 12.1 Å². The number of nitrogens with one attached hydrogen (secondary N) is 1. The highest BCUT2D eigenvalue weighted by molar-refractivity contribution is 7.10. The highest BCUT2D eigenvalue weighted by atomic mass is 32.1. The lowest BCUT2D eigenvalue weighted by Crippen LogP contribution is -2.18. The van der Waals surface area contributed by atoms with E-state index in [4.69, 9.17) is 0 Å². The zero-order valence-corrected chi connectivity index (χ0v) is 11.9. The van der Waals surface area contributed by atoms with Gasteiger partial charge >= 0.3 is 0 Å². The van der Waals surface area contributed by atoms with Gasteiger partial charge in [-0.2, -0.15) is 0 Å². The van der Waals surface area contributed by atoms with E-state index in [2.05, 4.69) is 52.3 Å². The average molecular weight is 271 g/mol.